The maximum Gasteiger partial charge on any atom is 0.439 e. The first-order chi connectivity index (χ1) is 12.4. The fraction of sp³-hybridized carbons (Fsp3) is 0.647. The topological polar surface area (TPSA) is 96.0 Å². The number of halogens is 3. The second-order valence-corrected chi connectivity index (χ2v) is 6.32. The van der Waals surface area contributed by atoms with Gasteiger partial charge in [0.2, 0.25) is 0 Å². The Morgan fingerprint density at radius 2 is 1.63 bits per heavy atom. The Labute approximate surface area is 153 Å². The van der Waals surface area contributed by atoms with Gasteiger partial charge in [0.25, 0.3) is 5.60 Å². The molecule has 0 amide bonds. The smallest absolute Gasteiger partial charge is 0.439 e. The molecular formula is C17H21F3O7. The fourth-order valence-electron chi connectivity index (χ4n) is 2.20. The van der Waals surface area contributed by atoms with Crippen LogP contribution in [0.2, 0.25) is 0 Å². The standard InChI is InChI=1S/C17H21F3O7/c1-10(2)13(22)25-8-9-26-15(24)16(3,17(18,19)20)27-14(23)11-4-6-12(21)7-5-11/h11H,1,4-9H2,2-3H3. The molecule has 0 aliphatic heterocycles. The van der Waals surface area contributed by atoms with Crippen molar-refractivity contribution in [2.45, 2.75) is 51.3 Å². The van der Waals surface area contributed by atoms with Crippen LogP contribution in [-0.4, -0.2) is 48.7 Å². The van der Waals surface area contributed by atoms with E-state index in [4.69, 9.17) is 0 Å². The lowest BCUT2D eigenvalue weighted by molar-refractivity contribution is -0.267. The normalized spacial score (nSPS) is 17.6. The lowest BCUT2D eigenvalue weighted by Crippen LogP contribution is -2.54. The van der Waals surface area contributed by atoms with E-state index in [0.717, 1.165) is 0 Å². The molecule has 1 unspecified atom stereocenters. The van der Waals surface area contributed by atoms with Gasteiger partial charge in [-0.1, -0.05) is 6.58 Å². The molecule has 0 saturated heterocycles. The third kappa shape index (κ3) is 6.07. The van der Waals surface area contributed by atoms with Crippen LogP contribution < -0.4 is 0 Å². The molecular weight excluding hydrogens is 373 g/mol. The van der Waals surface area contributed by atoms with Crippen LogP contribution in [0.25, 0.3) is 0 Å². The Morgan fingerprint density at radius 3 is 2.11 bits per heavy atom. The van der Waals surface area contributed by atoms with Crippen LogP contribution in [-0.2, 0) is 33.4 Å². The zero-order chi connectivity index (χ0) is 20.8. The van der Waals surface area contributed by atoms with Crippen molar-refractivity contribution in [2.24, 2.45) is 5.92 Å². The SMILES string of the molecule is C=C(C)C(=O)OCCOC(=O)C(C)(OC(=O)C1CCC(=O)CC1)C(F)(F)F. The van der Waals surface area contributed by atoms with Gasteiger partial charge in [-0.15, -0.1) is 0 Å². The van der Waals surface area contributed by atoms with Crippen LogP contribution in [0.1, 0.15) is 39.5 Å². The average molecular weight is 394 g/mol. The number of carbonyl (C=O) groups is 4. The minimum Gasteiger partial charge on any atom is -0.459 e. The third-order valence-electron chi connectivity index (χ3n) is 4.01. The van der Waals surface area contributed by atoms with Gasteiger partial charge in [0.05, 0.1) is 5.92 Å². The molecule has 0 aromatic rings. The van der Waals surface area contributed by atoms with Gasteiger partial charge >= 0.3 is 24.1 Å². The van der Waals surface area contributed by atoms with Crippen LogP contribution in [0.3, 0.4) is 0 Å². The predicted octanol–water partition coefficient (Wildman–Crippen LogP) is 2.27. The summed E-state index contributed by atoms with van der Waals surface area (Å²) in [5.41, 5.74) is -3.44. The van der Waals surface area contributed by atoms with E-state index in [1.165, 1.54) is 6.92 Å². The Balaban J connectivity index is 2.70. The molecule has 1 atom stereocenters. The number of ketones is 1. The van der Waals surface area contributed by atoms with Gasteiger partial charge in [0.15, 0.2) is 0 Å². The molecule has 10 heteroatoms. The molecule has 1 aliphatic rings. The summed E-state index contributed by atoms with van der Waals surface area (Å²) < 4.78 is 53.6. The van der Waals surface area contributed by atoms with Crippen molar-refractivity contribution in [3.63, 3.8) is 0 Å². The number of alkyl halides is 3. The Bertz CT molecular complexity index is 617. The molecule has 0 bridgehead atoms. The zero-order valence-corrected chi connectivity index (χ0v) is 15.0. The van der Waals surface area contributed by atoms with Gasteiger partial charge < -0.3 is 14.2 Å². The molecule has 0 N–H and O–H groups in total. The highest BCUT2D eigenvalue weighted by Gasteiger charge is 2.62. The van der Waals surface area contributed by atoms with Crippen LogP contribution in [0.15, 0.2) is 12.2 Å². The molecule has 1 rings (SSSR count). The van der Waals surface area contributed by atoms with E-state index in [2.05, 4.69) is 20.8 Å². The number of ether oxygens (including phenoxy) is 3. The number of hydrogen-bond acceptors (Lipinski definition) is 7. The molecule has 7 nitrogen and oxygen atoms in total. The molecule has 152 valence electrons. The van der Waals surface area contributed by atoms with Gasteiger partial charge in [-0.3, -0.25) is 9.59 Å². The maximum atomic E-state index is 13.4. The molecule has 0 radical (unpaired) electrons. The summed E-state index contributed by atoms with van der Waals surface area (Å²) in [5.74, 6) is -4.81. The van der Waals surface area contributed by atoms with Crippen molar-refractivity contribution in [3.05, 3.63) is 12.2 Å². The number of Topliss-reactive ketones (excluding diaryl/α,β-unsaturated/α-hetero) is 1. The van der Waals surface area contributed by atoms with Crippen molar-refractivity contribution in [3.8, 4) is 0 Å². The second-order valence-electron chi connectivity index (χ2n) is 6.32. The zero-order valence-electron chi connectivity index (χ0n) is 15.0. The molecule has 0 spiro atoms. The molecule has 0 aromatic heterocycles. The van der Waals surface area contributed by atoms with Gasteiger partial charge in [-0.2, -0.15) is 13.2 Å². The maximum absolute atomic E-state index is 13.4. The molecule has 1 fully saturated rings. The summed E-state index contributed by atoms with van der Waals surface area (Å²) in [4.78, 5) is 46.3. The number of rotatable bonds is 7. The van der Waals surface area contributed by atoms with Crippen molar-refractivity contribution in [1.29, 1.82) is 0 Å². The van der Waals surface area contributed by atoms with Crippen molar-refractivity contribution in [2.75, 3.05) is 13.2 Å². The van der Waals surface area contributed by atoms with E-state index in [1.807, 2.05) is 0 Å². The predicted molar refractivity (Wildman–Crippen MR) is 84.2 cm³/mol. The molecule has 27 heavy (non-hydrogen) atoms. The number of hydrogen-bond donors (Lipinski definition) is 0. The summed E-state index contributed by atoms with van der Waals surface area (Å²) in [6.45, 7) is 3.94. The van der Waals surface area contributed by atoms with Crippen LogP contribution >= 0.6 is 0 Å². The van der Waals surface area contributed by atoms with E-state index in [-0.39, 0.29) is 37.0 Å². The summed E-state index contributed by atoms with van der Waals surface area (Å²) >= 11 is 0. The van der Waals surface area contributed by atoms with E-state index < -0.39 is 48.8 Å². The lowest BCUT2D eigenvalue weighted by atomic mass is 9.88. The number of esters is 3. The number of carbonyl (C=O) groups excluding carboxylic acids is 4. The second kappa shape index (κ2) is 9.01. The monoisotopic (exact) mass is 394 g/mol. The summed E-state index contributed by atoms with van der Waals surface area (Å²) in [5, 5.41) is 0. The Hall–Kier alpha value is -2.39. The molecule has 1 aliphatic carbocycles. The average Bonchev–Trinajstić information content (AvgIpc) is 2.57. The fourth-order valence-corrected chi connectivity index (χ4v) is 2.20. The summed E-state index contributed by atoms with van der Waals surface area (Å²) in [7, 11) is 0. The lowest BCUT2D eigenvalue weighted by Gasteiger charge is -2.31. The third-order valence-corrected chi connectivity index (χ3v) is 4.01. The van der Waals surface area contributed by atoms with E-state index >= 15 is 0 Å². The first-order valence-electron chi connectivity index (χ1n) is 8.19. The highest BCUT2D eigenvalue weighted by Crippen LogP contribution is 2.36. The van der Waals surface area contributed by atoms with Crippen LogP contribution in [0.4, 0.5) is 13.2 Å². The van der Waals surface area contributed by atoms with Crippen LogP contribution in [0.5, 0.6) is 0 Å². The van der Waals surface area contributed by atoms with Crippen molar-refractivity contribution >= 4 is 23.7 Å². The van der Waals surface area contributed by atoms with Gasteiger partial charge in [0.1, 0.15) is 19.0 Å². The minimum absolute atomic E-state index is 0.0670. The van der Waals surface area contributed by atoms with Crippen molar-refractivity contribution < 1.29 is 46.6 Å². The van der Waals surface area contributed by atoms with Gasteiger partial charge in [-0.05, 0) is 26.7 Å². The Morgan fingerprint density at radius 1 is 1.11 bits per heavy atom. The highest BCUT2D eigenvalue weighted by atomic mass is 19.4. The first kappa shape index (κ1) is 22.7. The van der Waals surface area contributed by atoms with Gasteiger partial charge in [0, 0.05) is 18.4 Å². The summed E-state index contributed by atoms with van der Waals surface area (Å²) in [6.07, 6.45) is -4.95. The quantitative estimate of drug-likeness (QED) is 0.283. The van der Waals surface area contributed by atoms with Gasteiger partial charge in [-0.25, -0.2) is 9.59 Å². The molecule has 0 aromatic carbocycles. The van der Waals surface area contributed by atoms with E-state index in [1.54, 1.807) is 0 Å². The molecule has 1 saturated carbocycles. The largest absolute Gasteiger partial charge is 0.459 e. The van der Waals surface area contributed by atoms with E-state index in [9.17, 15) is 32.3 Å². The molecule has 0 heterocycles. The summed E-state index contributed by atoms with van der Waals surface area (Å²) in [6, 6.07) is 0. The van der Waals surface area contributed by atoms with Crippen molar-refractivity contribution in [1.82, 2.24) is 0 Å². The minimum atomic E-state index is -5.22. The Kier molecular flexibility index (Phi) is 7.55. The highest BCUT2D eigenvalue weighted by molar-refractivity contribution is 5.87. The first-order valence-corrected chi connectivity index (χ1v) is 8.19. The van der Waals surface area contributed by atoms with Crippen LogP contribution in [0, 0.1) is 5.92 Å². The van der Waals surface area contributed by atoms with E-state index in [0.29, 0.717) is 6.92 Å².